The van der Waals surface area contributed by atoms with Gasteiger partial charge in [-0.3, -0.25) is 9.80 Å². The lowest BCUT2D eigenvalue weighted by molar-refractivity contribution is -0.154. The molecule has 0 N–H and O–H groups in total. The Morgan fingerprint density at radius 3 is 1.85 bits per heavy atom. The predicted molar refractivity (Wildman–Crippen MR) is 127 cm³/mol. The van der Waals surface area contributed by atoms with Crippen molar-refractivity contribution in [3.8, 4) is 11.5 Å². The Labute approximate surface area is 195 Å². The normalized spacial score (nSPS) is 18.8. The highest BCUT2D eigenvalue weighted by atomic mass is 16.5. The van der Waals surface area contributed by atoms with E-state index in [1.165, 1.54) is 7.11 Å². The van der Waals surface area contributed by atoms with Gasteiger partial charge in [0.25, 0.3) is 0 Å². The molecule has 0 bridgehead atoms. The van der Waals surface area contributed by atoms with E-state index in [1.54, 1.807) is 14.2 Å². The molecule has 3 aromatic carbocycles. The van der Waals surface area contributed by atoms with Crippen LogP contribution in [0.3, 0.4) is 0 Å². The van der Waals surface area contributed by atoms with E-state index in [2.05, 4.69) is 21.9 Å². The first-order valence-corrected chi connectivity index (χ1v) is 11.0. The van der Waals surface area contributed by atoms with Crippen LogP contribution in [0, 0.1) is 0 Å². The van der Waals surface area contributed by atoms with Crippen LogP contribution in [-0.2, 0) is 28.2 Å². The van der Waals surface area contributed by atoms with Crippen LogP contribution in [-0.4, -0.2) is 50.3 Å². The van der Waals surface area contributed by atoms with Gasteiger partial charge in [0, 0.05) is 19.6 Å². The van der Waals surface area contributed by atoms with E-state index in [9.17, 15) is 4.79 Å². The number of carbonyl (C=O) groups is 1. The molecule has 3 aromatic rings. The summed E-state index contributed by atoms with van der Waals surface area (Å²) in [7, 11) is 4.78. The molecule has 1 aliphatic rings. The van der Waals surface area contributed by atoms with Crippen molar-refractivity contribution in [2.24, 2.45) is 0 Å². The Morgan fingerprint density at radius 1 is 0.788 bits per heavy atom. The summed E-state index contributed by atoms with van der Waals surface area (Å²) in [5, 5.41) is 0. The topological polar surface area (TPSA) is 51.2 Å². The molecule has 1 heterocycles. The van der Waals surface area contributed by atoms with Crippen LogP contribution in [0.4, 0.5) is 0 Å². The first kappa shape index (κ1) is 22.8. The van der Waals surface area contributed by atoms with Gasteiger partial charge < -0.3 is 14.2 Å². The van der Waals surface area contributed by atoms with Gasteiger partial charge in [0.15, 0.2) is 5.54 Å². The number of esters is 1. The Balaban J connectivity index is 1.67. The Kier molecular flexibility index (Phi) is 6.96. The second-order valence-electron chi connectivity index (χ2n) is 8.24. The molecule has 0 radical (unpaired) electrons. The highest BCUT2D eigenvalue weighted by Crippen LogP contribution is 2.38. The highest BCUT2D eigenvalue weighted by molar-refractivity contribution is 5.83. The number of carbonyl (C=O) groups excluding carboxylic acids is 1. The third kappa shape index (κ3) is 4.72. The molecular formula is C27H30N2O4. The van der Waals surface area contributed by atoms with Crippen LogP contribution < -0.4 is 9.47 Å². The lowest BCUT2D eigenvalue weighted by atomic mass is 9.88. The van der Waals surface area contributed by atoms with Crippen LogP contribution >= 0.6 is 0 Å². The number of hydrogen-bond donors (Lipinski definition) is 0. The number of methoxy groups -OCH3 is 3. The van der Waals surface area contributed by atoms with E-state index in [0.717, 1.165) is 28.2 Å². The minimum Gasteiger partial charge on any atom is -0.497 e. The summed E-state index contributed by atoms with van der Waals surface area (Å²) in [4.78, 5) is 17.9. The molecule has 172 valence electrons. The molecule has 6 nitrogen and oxygen atoms in total. The maximum atomic E-state index is 13.4. The molecule has 1 unspecified atom stereocenters. The Bertz CT molecular complexity index is 1050. The van der Waals surface area contributed by atoms with Crippen molar-refractivity contribution >= 4 is 5.97 Å². The quantitative estimate of drug-likeness (QED) is 0.487. The zero-order valence-corrected chi connectivity index (χ0v) is 19.4. The van der Waals surface area contributed by atoms with Crippen LogP contribution in [0.15, 0.2) is 78.9 Å². The van der Waals surface area contributed by atoms with Gasteiger partial charge >= 0.3 is 5.97 Å². The van der Waals surface area contributed by atoms with Crippen molar-refractivity contribution in [2.75, 3.05) is 34.5 Å². The molecule has 6 heteroatoms. The SMILES string of the molecule is COC(=O)C1(c2ccccc2)CN(Cc2ccc(OC)cc2)CN1Cc1ccc(OC)cc1. The molecule has 0 saturated carbocycles. The third-order valence-electron chi connectivity index (χ3n) is 6.24. The molecule has 33 heavy (non-hydrogen) atoms. The second-order valence-corrected chi connectivity index (χ2v) is 8.24. The first-order valence-electron chi connectivity index (χ1n) is 11.0. The lowest BCUT2D eigenvalue weighted by Crippen LogP contribution is -2.50. The van der Waals surface area contributed by atoms with Gasteiger partial charge in [0.1, 0.15) is 11.5 Å². The summed E-state index contributed by atoms with van der Waals surface area (Å²) in [6, 6.07) is 25.9. The summed E-state index contributed by atoms with van der Waals surface area (Å²) in [6.45, 7) is 2.48. The summed E-state index contributed by atoms with van der Waals surface area (Å²) in [5.74, 6) is 1.39. The number of benzene rings is 3. The minimum absolute atomic E-state index is 0.251. The Morgan fingerprint density at radius 2 is 1.33 bits per heavy atom. The maximum absolute atomic E-state index is 13.4. The van der Waals surface area contributed by atoms with E-state index < -0.39 is 5.54 Å². The van der Waals surface area contributed by atoms with Gasteiger partial charge in [-0.15, -0.1) is 0 Å². The summed E-state index contributed by atoms with van der Waals surface area (Å²) < 4.78 is 16.0. The zero-order chi connectivity index (χ0) is 23.3. The smallest absolute Gasteiger partial charge is 0.332 e. The van der Waals surface area contributed by atoms with Gasteiger partial charge in [-0.05, 0) is 41.0 Å². The minimum atomic E-state index is -0.900. The molecule has 1 saturated heterocycles. The predicted octanol–water partition coefficient (Wildman–Crippen LogP) is 4.05. The fourth-order valence-electron chi connectivity index (χ4n) is 4.54. The highest BCUT2D eigenvalue weighted by Gasteiger charge is 2.52. The molecule has 0 aromatic heterocycles. The van der Waals surface area contributed by atoms with Gasteiger partial charge in [0.05, 0.1) is 28.0 Å². The van der Waals surface area contributed by atoms with Crippen molar-refractivity contribution < 1.29 is 19.0 Å². The molecular weight excluding hydrogens is 416 g/mol. The fourth-order valence-corrected chi connectivity index (χ4v) is 4.54. The average molecular weight is 447 g/mol. The number of ether oxygens (including phenoxy) is 3. The third-order valence-corrected chi connectivity index (χ3v) is 6.24. The molecule has 1 atom stereocenters. The second kappa shape index (κ2) is 10.1. The maximum Gasteiger partial charge on any atom is 0.332 e. The van der Waals surface area contributed by atoms with Crippen molar-refractivity contribution in [1.29, 1.82) is 0 Å². The van der Waals surface area contributed by atoms with Gasteiger partial charge in [-0.25, -0.2) is 4.79 Å². The largest absolute Gasteiger partial charge is 0.497 e. The van der Waals surface area contributed by atoms with E-state index in [-0.39, 0.29) is 5.97 Å². The lowest BCUT2D eigenvalue weighted by Gasteiger charge is -2.35. The summed E-state index contributed by atoms with van der Waals surface area (Å²) >= 11 is 0. The Hall–Kier alpha value is -3.35. The van der Waals surface area contributed by atoms with Crippen LogP contribution in [0.25, 0.3) is 0 Å². The number of hydrogen-bond acceptors (Lipinski definition) is 6. The standard InChI is InChI=1S/C27H30N2O4/c1-31-24-13-9-21(10-14-24)17-28-19-27(26(30)33-3,23-7-5-4-6-8-23)29(20-28)18-22-11-15-25(32-2)16-12-22/h4-16H,17-20H2,1-3H3. The molecule has 1 fully saturated rings. The first-order chi connectivity index (χ1) is 16.1. The average Bonchev–Trinajstić information content (AvgIpc) is 3.23. The van der Waals surface area contributed by atoms with Crippen LogP contribution in [0.1, 0.15) is 16.7 Å². The summed E-state index contributed by atoms with van der Waals surface area (Å²) in [6.07, 6.45) is 0. The number of rotatable bonds is 8. The summed E-state index contributed by atoms with van der Waals surface area (Å²) in [5.41, 5.74) is 2.30. The zero-order valence-electron chi connectivity index (χ0n) is 19.4. The van der Waals surface area contributed by atoms with E-state index in [1.807, 2.05) is 66.7 Å². The fraction of sp³-hybridized carbons (Fsp3) is 0.296. The van der Waals surface area contributed by atoms with E-state index in [4.69, 9.17) is 14.2 Å². The van der Waals surface area contributed by atoms with E-state index in [0.29, 0.717) is 26.3 Å². The molecule has 4 rings (SSSR count). The van der Waals surface area contributed by atoms with E-state index >= 15 is 0 Å². The van der Waals surface area contributed by atoms with Crippen molar-refractivity contribution in [3.05, 3.63) is 95.6 Å². The molecule has 0 spiro atoms. The van der Waals surface area contributed by atoms with Crippen molar-refractivity contribution in [1.82, 2.24) is 9.80 Å². The van der Waals surface area contributed by atoms with Crippen molar-refractivity contribution in [2.45, 2.75) is 18.6 Å². The molecule has 0 aliphatic carbocycles. The van der Waals surface area contributed by atoms with Gasteiger partial charge in [0.2, 0.25) is 0 Å². The number of nitrogens with zero attached hydrogens (tertiary/aromatic N) is 2. The van der Waals surface area contributed by atoms with Gasteiger partial charge in [-0.2, -0.15) is 0 Å². The van der Waals surface area contributed by atoms with Crippen molar-refractivity contribution in [3.63, 3.8) is 0 Å². The van der Waals surface area contributed by atoms with Crippen LogP contribution in [0.2, 0.25) is 0 Å². The van der Waals surface area contributed by atoms with Crippen LogP contribution in [0.5, 0.6) is 11.5 Å². The molecule has 0 amide bonds. The van der Waals surface area contributed by atoms with Gasteiger partial charge in [-0.1, -0.05) is 54.6 Å². The molecule has 1 aliphatic heterocycles. The monoisotopic (exact) mass is 446 g/mol.